The molecule has 0 aliphatic carbocycles. The Bertz CT molecular complexity index is 457. The molecule has 0 unspecified atom stereocenters. The van der Waals surface area contributed by atoms with Crippen molar-refractivity contribution in [3.05, 3.63) is 33.9 Å². The number of nitro groups is 1. The maximum Gasteiger partial charge on any atom is 0.292 e. The van der Waals surface area contributed by atoms with Gasteiger partial charge < -0.3 is 4.90 Å². The van der Waals surface area contributed by atoms with Crippen molar-refractivity contribution in [3.8, 4) is 6.07 Å². The Morgan fingerprint density at radius 2 is 2.29 bits per heavy atom. The van der Waals surface area contributed by atoms with Gasteiger partial charge in [-0.1, -0.05) is 22.0 Å². The highest BCUT2D eigenvalue weighted by atomic mass is 79.9. The van der Waals surface area contributed by atoms with Gasteiger partial charge in [-0.05, 0) is 11.6 Å². The van der Waals surface area contributed by atoms with Crippen LogP contribution in [0.3, 0.4) is 0 Å². The number of benzene rings is 1. The van der Waals surface area contributed by atoms with Gasteiger partial charge in [-0.25, -0.2) is 0 Å². The topological polar surface area (TPSA) is 70.2 Å². The molecule has 0 radical (unpaired) electrons. The maximum atomic E-state index is 11.0. The van der Waals surface area contributed by atoms with Gasteiger partial charge in [0.2, 0.25) is 0 Å². The normalized spacial score (nSPS) is 9.71. The van der Waals surface area contributed by atoms with Gasteiger partial charge >= 0.3 is 0 Å². The summed E-state index contributed by atoms with van der Waals surface area (Å²) in [4.78, 5) is 12.3. The number of hydrogen-bond donors (Lipinski definition) is 0. The van der Waals surface area contributed by atoms with Crippen molar-refractivity contribution in [1.82, 2.24) is 0 Å². The van der Waals surface area contributed by atoms with Gasteiger partial charge in [-0.2, -0.15) is 5.26 Å². The number of nitro benzene ring substituents is 1. The Morgan fingerprint density at radius 3 is 2.82 bits per heavy atom. The molecule has 0 saturated heterocycles. The Hall–Kier alpha value is -1.61. The second kappa shape index (κ2) is 6.21. The lowest BCUT2D eigenvalue weighted by Gasteiger charge is -2.17. The first-order valence-electron chi connectivity index (χ1n) is 5.01. The van der Waals surface area contributed by atoms with Crippen LogP contribution in [0.4, 0.5) is 11.4 Å². The van der Waals surface area contributed by atoms with Crippen LogP contribution in [0.1, 0.15) is 12.0 Å². The fourth-order valence-electron chi connectivity index (χ4n) is 1.46. The molecule has 0 spiro atoms. The first kappa shape index (κ1) is 13.5. The Kier molecular flexibility index (Phi) is 4.91. The lowest BCUT2D eigenvalue weighted by Crippen LogP contribution is -2.19. The van der Waals surface area contributed by atoms with E-state index in [1.807, 2.05) is 12.1 Å². The lowest BCUT2D eigenvalue weighted by molar-refractivity contribution is -0.384. The van der Waals surface area contributed by atoms with E-state index in [1.54, 1.807) is 24.1 Å². The number of rotatable bonds is 5. The largest absolute Gasteiger partial charge is 0.368 e. The van der Waals surface area contributed by atoms with E-state index < -0.39 is 4.92 Å². The van der Waals surface area contributed by atoms with E-state index in [2.05, 4.69) is 15.9 Å². The molecule has 0 aromatic heterocycles. The minimum atomic E-state index is -0.398. The second-order valence-corrected chi connectivity index (χ2v) is 4.10. The molecule has 90 valence electrons. The number of hydrogen-bond acceptors (Lipinski definition) is 4. The summed E-state index contributed by atoms with van der Waals surface area (Å²) < 4.78 is 0. The summed E-state index contributed by atoms with van der Waals surface area (Å²) in [5, 5.41) is 20.1. The monoisotopic (exact) mass is 297 g/mol. The molecular weight excluding hydrogens is 286 g/mol. The average molecular weight is 298 g/mol. The highest BCUT2D eigenvalue weighted by molar-refractivity contribution is 9.08. The molecule has 1 aromatic carbocycles. The molecule has 0 saturated carbocycles. The molecule has 1 aromatic rings. The Balaban J connectivity index is 3.06. The molecule has 0 atom stereocenters. The van der Waals surface area contributed by atoms with Gasteiger partial charge in [0.05, 0.1) is 17.4 Å². The zero-order valence-corrected chi connectivity index (χ0v) is 11.0. The summed E-state index contributed by atoms with van der Waals surface area (Å²) in [7, 11) is 1.74. The predicted molar refractivity (Wildman–Crippen MR) is 69.2 cm³/mol. The summed E-state index contributed by atoms with van der Waals surface area (Å²) in [6.07, 6.45) is 0.341. The Morgan fingerprint density at radius 1 is 1.59 bits per heavy atom. The fourth-order valence-corrected chi connectivity index (χ4v) is 1.81. The number of alkyl halides is 1. The summed E-state index contributed by atoms with van der Waals surface area (Å²) in [5.41, 5.74) is 1.46. The van der Waals surface area contributed by atoms with Crippen molar-refractivity contribution in [2.45, 2.75) is 11.8 Å². The minimum absolute atomic E-state index is 0.0717. The summed E-state index contributed by atoms with van der Waals surface area (Å²) in [6.45, 7) is 0.477. The maximum absolute atomic E-state index is 11.0. The third-order valence-electron chi connectivity index (χ3n) is 2.36. The molecule has 0 aliphatic rings. The molecule has 0 amide bonds. The van der Waals surface area contributed by atoms with Gasteiger partial charge in [0.1, 0.15) is 5.69 Å². The third kappa shape index (κ3) is 3.43. The van der Waals surface area contributed by atoms with Gasteiger partial charge in [0.15, 0.2) is 0 Å². The molecular formula is C11H12BrN3O2. The molecule has 17 heavy (non-hydrogen) atoms. The van der Waals surface area contributed by atoms with Crippen molar-refractivity contribution in [1.29, 1.82) is 5.26 Å². The second-order valence-electron chi connectivity index (χ2n) is 3.54. The predicted octanol–water partition coefficient (Wildman–Crippen LogP) is 2.84. The van der Waals surface area contributed by atoms with E-state index in [1.165, 1.54) is 0 Å². The van der Waals surface area contributed by atoms with E-state index in [0.29, 0.717) is 24.0 Å². The van der Waals surface area contributed by atoms with Crippen LogP contribution in [0.2, 0.25) is 0 Å². The average Bonchev–Trinajstić information content (AvgIpc) is 2.35. The molecule has 6 heteroatoms. The van der Waals surface area contributed by atoms with Crippen LogP contribution in [0.5, 0.6) is 0 Å². The fraction of sp³-hybridized carbons (Fsp3) is 0.364. The van der Waals surface area contributed by atoms with Crippen LogP contribution in [0, 0.1) is 21.4 Å². The number of nitrogens with zero attached hydrogens (tertiary/aromatic N) is 3. The van der Waals surface area contributed by atoms with Crippen LogP contribution in [-0.4, -0.2) is 18.5 Å². The highest BCUT2D eigenvalue weighted by Crippen LogP contribution is 2.29. The van der Waals surface area contributed by atoms with Crippen molar-refractivity contribution in [2.75, 3.05) is 18.5 Å². The lowest BCUT2D eigenvalue weighted by atomic mass is 10.2. The molecule has 0 bridgehead atoms. The number of nitriles is 1. The first-order chi connectivity index (χ1) is 8.10. The van der Waals surface area contributed by atoms with Crippen molar-refractivity contribution in [3.63, 3.8) is 0 Å². The molecule has 0 fully saturated rings. The van der Waals surface area contributed by atoms with E-state index in [0.717, 1.165) is 5.56 Å². The molecule has 1 rings (SSSR count). The van der Waals surface area contributed by atoms with E-state index in [4.69, 9.17) is 5.26 Å². The standard InChI is InChI=1S/C11H12BrN3O2/c1-14(6-2-5-13)10-4-3-9(8-12)7-11(10)15(16)17/h3-4,7H,2,6,8H2,1H3. The number of halogens is 1. The third-order valence-corrected chi connectivity index (χ3v) is 3.01. The number of anilines is 1. The van der Waals surface area contributed by atoms with Gasteiger partial charge in [0, 0.05) is 25.0 Å². The minimum Gasteiger partial charge on any atom is -0.368 e. The van der Waals surface area contributed by atoms with Gasteiger partial charge in [-0.15, -0.1) is 0 Å². The van der Waals surface area contributed by atoms with Crippen LogP contribution >= 0.6 is 15.9 Å². The van der Waals surface area contributed by atoms with E-state index in [-0.39, 0.29) is 5.69 Å². The SMILES string of the molecule is CN(CCC#N)c1ccc(CBr)cc1[N+](=O)[O-]. The molecule has 0 N–H and O–H groups in total. The quantitative estimate of drug-likeness (QED) is 0.476. The smallest absolute Gasteiger partial charge is 0.292 e. The summed E-state index contributed by atoms with van der Waals surface area (Å²) >= 11 is 3.27. The van der Waals surface area contributed by atoms with Crippen molar-refractivity contribution in [2.24, 2.45) is 0 Å². The zero-order chi connectivity index (χ0) is 12.8. The van der Waals surface area contributed by atoms with Crippen LogP contribution < -0.4 is 4.90 Å². The van der Waals surface area contributed by atoms with Crippen LogP contribution in [-0.2, 0) is 5.33 Å². The zero-order valence-electron chi connectivity index (χ0n) is 9.39. The van der Waals surface area contributed by atoms with Crippen LogP contribution in [0.15, 0.2) is 18.2 Å². The molecule has 5 nitrogen and oxygen atoms in total. The van der Waals surface area contributed by atoms with E-state index >= 15 is 0 Å². The summed E-state index contributed by atoms with van der Waals surface area (Å²) in [6, 6.07) is 7.12. The van der Waals surface area contributed by atoms with Crippen molar-refractivity contribution < 1.29 is 4.92 Å². The summed E-state index contributed by atoms with van der Waals surface area (Å²) in [5.74, 6) is 0. The molecule has 0 aliphatic heterocycles. The van der Waals surface area contributed by atoms with Crippen molar-refractivity contribution >= 4 is 27.3 Å². The Labute approximate surface area is 108 Å². The van der Waals surface area contributed by atoms with Gasteiger partial charge in [-0.3, -0.25) is 10.1 Å². The van der Waals surface area contributed by atoms with Gasteiger partial charge in [0.25, 0.3) is 5.69 Å². The van der Waals surface area contributed by atoms with Crippen LogP contribution in [0.25, 0.3) is 0 Å². The molecule has 0 heterocycles. The highest BCUT2D eigenvalue weighted by Gasteiger charge is 2.17. The van der Waals surface area contributed by atoms with E-state index in [9.17, 15) is 10.1 Å². The first-order valence-corrected chi connectivity index (χ1v) is 6.13.